The second-order valence-corrected chi connectivity index (χ2v) is 5.80. The highest BCUT2D eigenvalue weighted by atomic mass is 32.1. The van der Waals surface area contributed by atoms with Crippen LogP contribution in [0.4, 0.5) is 0 Å². The Bertz CT molecular complexity index is 751. The number of nitrogens with zero attached hydrogens (tertiary/aromatic N) is 1. The molecule has 110 valence electrons. The second-order valence-electron chi connectivity index (χ2n) is 4.51. The van der Waals surface area contributed by atoms with Crippen molar-refractivity contribution in [1.29, 1.82) is 5.26 Å². The number of carbonyl (C=O) groups is 2. The third-order valence-electron chi connectivity index (χ3n) is 2.81. The number of nitriles is 1. The normalized spacial score (nSPS) is 10.4. The number of hydrogen-bond donors (Lipinski definition) is 0. The summed E-state index contributed by atoms with van der Waals surface area (Å²) in [4.78, 5) is 25.0. The molecule has 0 aliphatic carbocycles. The molecular weight excluding hydrogens is 298 g/mol. The van der Waals surface area contributed by atoms with Gasteiger partial charge in [0, 0.05) is 11.0 Å². The maximum absolute atomic E-state index is 11.8. The molecule has 0 N–H and O–H groups in total. The van der Waals surface area contributed by atoms with E-state index in [1.54, 1.807) is 36.4 Å². The lowest BCUT2D eigenvalue weighted by Crippen LogP contribution is -2.11. The number of esters is 1. The average molecular weight is 311 g/mol. The van der Waals surface area contributed by atoms with Crippen LogP contribution in [0.25, 0.3) is 6.08 Å². The van der Waals surface area contributed by atoms with Gasteiger partial charge in [0.15, 0.2) is 6.61 Å². The van der Waals surface area contributed by atoms with Crippen molar-refractivity contribution in [2.75, 3.05) is 6.61 Å². The van der Waals surface area contributed by atoms with Crippen molar-refractivity contribution in [2.24, 2.45) is 0 Å². The summed E-state index contributed by atoms with van der Waals surface area (Å²) in [5.74, 6) is -0.788. The Hall–Kier alpha value is -2.71. The van der Waals surface area contributed by atoms with Gasteiger partial charge in [-0.3, -0.25) is 4.79 Å². The van der Waals surface area contributed by atoms with Crippen molar-refractivity contribution in [1.82, 2.24) is 0 Å². The highest BCUT2D eigenvalue weighted by Crippen LogP contribution is 2.15. The Labute approximate surface area is 132 Å². The van der Waals surface area contributed by atoms with E-state index >= 15 is 0 Å². The summed E-state index contributed by atoms with van der Waals surface area (Å²) in [6.45, 7) is 1.64. The Morgan fingerprint density at radius 3 is 2.55 bits per heavy atom. The minimum absolute atomic E-state index is 0.210. The van der Waals surface area contributed by atoms with Gasteiger partial charge in [-0.25, -0.2) is 4.79 Å². The topological polar surface area (TPSA) is 67.2 Å². The first kappa shape index (κ1) is 15.7. The molecule has 0 aliphatic heterocycles. The lowest BCUT2D eigenvalue weighted by atomic mass is 10.1. The first-order chi connectivity index (χ1) is 10.6. The van der Waals surface area contributed by atoms with Gasteiger partial charge >= 0.3 is 5.97 Å². The Morgan fingerprint density at radius 1 is 1.23 bits per heavy atom. The molecule has 0 spiro atoms. The van der Waals surface area contributed by atoms with E-state index in [0.717, 1.165) is 10.4 Å². The molecule has 0 fully saturated rings. The summed E-state index contributed by atoms with van der Waals surface area (Å²) in [5, 5.41) is 8.69. The van der Waals surface area contributed by atoms with Gasteiger partial charge < -0.3 is 4.74 Å². The molecule has 0 aliphatic rings. The van der Waals surface area contributed by atoms with Crippen LogP contribution in [-0.4, -0.2) is 18.4 Å². The minimum atomic E-state index is -0.578. The van der Waals surface area contributed by atoms with Gasteiger partial charge in [-0.1, -0.05) is 12.1 Å². The second kappa shape index (κ2) is 7.34. The number of carbonyl (C=O) groups excluding carboxylic acids is 2. The third-order valence-corrected chi connectivity index (χ3v) is 3.85. The van der Waals surface area contributed by atoms with Crippen LogP contribution in [0.2, 0.25) is 0 Å². The van der Waals surface area contributed by atoms with Gasteiger partial charge in [-0.15, -0.1) is 11.3 Å². The van der Waals surface area contributed by atoms with Crippen molar-refractivity contribution in [3.8, 4) is 6.07 Å². The Balaban J connectivity index is 1.86. The molecule has 0 amide bonds. The maximum Gasteiger partial charge on any atom is 0.331 e. The monoisotopic (exact) mass is 311 g/mol. The van der Waals surface area contributed by atoms with Crippen molar-refractivity contribution < 1.29 is 14.3 Å². The predicted molar refractivity (Wildman–Crippen MR) is 84.5 cm³/mol. The number of thiophene rings is 1. The van der Waals surface area contributed by atoms with Crippen molar-refractivity contribution >= 4 is 29.2 Å². The number of Topliss-reactive ketones (excluding diaryl/α,β-unsaturated/α-hetero) is 1. The summed E-state index contributed by atoms with van der Waals surface area (Å²) >= 11 is 1.38. The average Bonchev–Trinajstić information content (AvgIpc) is 2.97. The fraction of sp³-hybridized carbons (Fsp3) is 0.118. The van der Waals surface area contributed by atoms with Gasteiger partial charge in [0.05, 0.1) is 16.5 Å². The van der Waals surface area contributed by atoms with Crippen LogP contribution in [0.3, 0.4) is 0 Å². The third kappa shape index (κ3) is 4.40. The smallest absolute Gasteiger partial charge is 0.331 e. The fourth-order valence-electron chi connectivity index (χ4n) is 1.67. The zero-order valence-electron chi connectivity index (χ0n) is 11.9. The van der Waals surface area contributed by atoms with E-state index in [0.29, 0.717) is 10.4 Å². The van der Waals surface area contributed by atoms with E-state index in [9.17, 15) is 9.59 Å². The summed E-state index contributed by atoms with van der Waals surface area (Å²) in [7, 11) is 0. The molecule has 2 rings (SSSR count). The first-order valence-electron chi connectivity index (χ1n) is 6.53. The molecule has 1 aromatic carbocycles. The molecule has 0 bridgehead atoms. The number of ketones is 1. The molecule has 0 saturated heterocycles. The molecule has 0 radical (unpaired) electrons. The molecule has 2 aromatic rings. The van der Waals surface area contributed by atoms with E-state index in [-0.39, 0.29) is 12.4 Å². The lowest BCUT2D eigenvalue weighted by Gasteiger charge is -1.99. The molecule has 5 heteroatoms. The van der Waals surface area contributed by atoms with E-state index in [1.807, 2.05) is 19.1 Å². The summed E-state index contributed by atoms with van der Waals surface area (Å²) in [6.07, 6.45) is 2.83. The van der Waals surface area contributed by atoms with Crippen molar-refractivity contribution in [3.05, 3.63) is 63.4 Å². The van der Waals surface area contributed by atoms with Crippen LogP contribution >= 0.6 is 11.3 Å². The van der Waals surface area contributed by atoms with E-state index in [1.165, 1.54) is 17.4 Å². The summed E-state index contributed by atoms with van der Waals surface area (Å²) in [6, 6.07) is 12.4. The van der Waals surface area contributed by atoms with Gasteiger partial charge in [0.2, 0.25) is 5.78 Å². The van der Waals surface area contributed by atoms with E-state index in [4.69, 9.17) is 10.00 Å². The number of aryl methyl sites for hydroxylation is 1. The number of rotatable bonds is 5. The number of ether oxygens (including phenoxy) is 1. The summed E-state index contributed by atoms with van der Waals surface area (Å²) < 4.78 is 4.91. The van der Waals surface area contributed by atoms with Crippen LogP contribution < -0.4 is 0 Å². The van der Waals surface area contributed by atoms with Gasteiger partial charge in [-0.2, -0.15) is 5.26 Å². The SMILES string of the molecule is Cc1ccc(C(=O)COC(=O)/C=C/c2ccc(C#N)cc2)s1. The maximum atomic E-state index is 11.8. The van der Waals surface area contributed by atoms with Crippen LogP contribution in [0.15, 0.2) is 42.5 Å². The zero-order chi connectivity index (χ0) is 15.9. The van der Waals surface area contributed by atoms with Gasteiger partial charge in [0.25, 0.3) is 0 Å². The molecule has 4 nitrogen and oxygen atoms in total. The fourth-order valence-corrected chi connectivity index (χ4v) is 2.47. The first-order valence-corrected chi connectivity index (χ1v) is 7.35. The van der Waals surface area contributed by atoms with Crippen LogP contribution in [0.5, 0.6) is 0 Å². The lowest BCUT2D eigenvalue weighted by molar-refractivity contribution is -0.136. The van der Waals surface area contributed by atoms with Crippen LogP contribution in [0.1, 0.15) is 25.7 Å². The van der Waals surface area contributed by atoms with Crippen molar-refractivity contribution in [2.45, 2.75) is 6.92 Å². The quantitative estimate of drug-likeness (QED) is 0.482. The minimum Gasteiger partial charge on any atom is -0.454 e. The van der Waals surface area contributed by atoms with E-state index in [2.05, 4.69) is 0 Å². The van der Waals surface area contributed by atoms with Crippen LogP contribution in [0, 0.1) is 18.3 Å². The Morgan fingerprint density at radius 2 is 1.95 bits per heavy atom. The molecule has 0 atom stereocenters. The largest absolute Gasteiger partial charge is 0.454 e. The zero-order valence-corrected chi connectivity index (χ0v) is 12.7. The molecule has 0 unspecified atom stereocenters. The highest BCUT2D eigenvalue weighted by Gasteiger charge is 2.10. The molecule has 22 heavy (non-hydrogen) atoms. The molecular formula is C17H13NO3S. The van der Waals surface area contributed by atoms with E-state index < -0.39 is 5.97 Å². The predicted octanol–water partition coefficient (Wildman–Crippen LogP) is 3.37. The summed E-state index contributed by atoms with van der Waals surface area (Å²) in [5.41, 5.74) is 1.33. The van der Waals surface area contributed by atoms with Gasteiger partial charge in [0.1, 0.15) is 0 Å². The highest BCUT2D eigenvalue weighted by molar-refractivity contribution is 7.14. The Kier molecular flexibility index (Phi) is 5.23. The van der Waals surface area contributed by atoms with Crippen LogP contribution in [-0.2, 0) is 9.53 Å². The van der Waals surface area contributed by atoms with Crippen molar-refractivity contribution in [3.63, 3.8) is 0 Å². The van der Waals surface area contributed by atoms with Gasteiger partial charge in [-0.05, 0) is 42.8 Å². The number of benzene rings is 1. The number of hydrogen-bond acceptors (Lipinski definition) is 5. The molecule has 1 heterocycles. The molecule has 1 aromatic heterocycles. The standard InChI is InChI=1S/C17H13NO3S/c1-12-2-8-16(22-12)15(19)11-21-17(20)9-7-13-3-5-14(10-18)6-4-13/h2-9H,11H2,1H3/b9-7+. The molecule has 0 saturated carbocycles.